The molecule has 2 unspecified atom stereocenters. The molecule has 2 atom stereocenters. The molecule has 1 saturated carbocycles. The zero-order valence-electron chi connectivity index (χ0n) is 10.5. The van der Waals surface area contributed by atoms with Crippen LogP contribution in [0, 0.1) is 5.92 Å². The summed E-state index contributed by atoms with van der Waals surface area (Å²) >= 11 is 3.52. The van der Waals surface area contributed by atoms with Gasteiger partial charge >= 0.3 is 0 Å². The molecule has 0 heterocycles. The molecule has 0 aromatic heterocycles. The van der Waals surface area contributed by atoms with Gasteiger partial charge in [0.15, 0.2) is 0 Å². The van der Waals surface area contributed by atoms with E-state index in [4.69, 9.17) is 4.74 Å². The molecular formula is C14H20BrNO. The zero-order chi connectivity index (χ0) is 12.3. The summed E-state index contributed by atoms with van der Waals surface area (Å²) in [5, 5.41) is 3.57. The maximum absolute atomic E-state index is 5.76. The summed E-state index contributed by atoms with van der Waals surface area (Å²) in [5.74, 6) is 1.85. The van der Waals surface area contributed by atoms with Crippen LogP contribution < -0.4 is 10.1 Å². The van der Waals surface area contributed by atoms with Gasteiger partial charge in [-0.25, -0.2) is 0 Å². The summed E-state index contributed by atoms with van der Waals surface area (Å²) in [4.78, 5) is 0. The first-order valence-electron chi connectivity index (χ1n) is 6.35. The van der Waals surface area contributed by atoms with Crippen LogP contribution in [-0.4, -0.2) is 12.6 Å². The normalized spacial score (nSPS) is 22.5. The molecule has 1 aliphatic rings. The Hall–Kier alpha value is -0.540. The molecule has 2 rings (SSSR count). The van der Waals surface area contributed by atoms with Crippen molar-refractivity contribution in [3.63, 3.8) is 0 Å². The molecular weight excluding hydrogens is 278 g/mol. The summed E-state index contributed by atoms with van der Waals surface area (Å²) in [7, 11) is 0. The first kappa shape index (κ1) is 12.9. The Kier molecular flexibility index (Phi) is 4.46. The van der Waals surface area contributed by atoms with Crippen LogP contribution in [0.15, 0.2) is 22.7 Å². The van der Waals surface area contributed by atoms with Crippen molar-refractivity contribution in [2.75, 3.05) is 6.61 Å². The topological polar surface area (TPSA) is 21.3 Å². The van der Waals surface area contributed by atoms with E-state index in [1.54, 1.807) is 0 Å². The second-order valence-electron chi connectivity index (χ2n) is 4.80. The van der Waals surface area contributed by atoms with Crippen LogP contribution >= 0.6 is 15.9 Å². The highest BCUT2D eigenvalue weighted by molar-refractivity contribution is 9.10. The Bertz CT molecular complexity index is 380. The number of benzene rings is 1. The van der Waals surface area contributed by atoms with Crippen LogP contribution in [0.5, 0.6) is 5.75 Å². The third-order valence-corrected chi connectivity index (χ3v) is 3.64. The Morgan fingerprint density at radius 3 is 2.88 bits per heavy atom. The van der Waals surface area contributed by atoms with Crippen LogP contribution in [0.1, 0.15) is 32.3 Å². The molecule has 0 spiro atoms. The fourth-order valence-corrected chi connectivity index (χ4v) is 2.30. The van der Waals surface area contributed by atoms with Gasteiger partial charge in [0, 0.05) is 22.6 Å². The van der Waals surface area contributed by atoms with Gasteiger partial charge in [-0.2, -0.15) is 0 Å². The third-order valence-electron chi connectivity index (χ3n) is 3.15. The van der Waals surface area contributed by atoms with E-state index in [0.29, 0.717) is 6.04 Å². The average molecular weight is 298 g/mol. The van der Waals surface area contributed by atoms with Crippen molar-refractivity contribution in [2.24, 2.45) is 5.92 Å². The predicted molar refractivity (Wildman–Crippen MR) is 74.3 cm³/mol. The molecule has 17 heavy (non-hydrogen) atoms. The van der Waals surface area contributed by atoms with E-state index in [1.807, 2.05) is 12.1 Å². The van der Waals surface area contributed by atoms with E-state index in [1.165, 1.54) is 12.0 Å². The van der Waals surface area contributed by atoms with Crippen molar-refractivity contribution in [1.29, 1.82) is 0 Å². The maximum Gasteiger partial charge on any atom is 0.123 e. The van der Waals surface area contributed by atoms with E-state index in [0.717, 1.165) is 35.7 Å². The molecule has 2 nitrogen and oxygen atoms in total. The largest absolute Gasteiger partial charge is 0.493 e. The zero-order valence-corrected chi connectivity index (χ0v) is 12.1. The minimum Gasteiger partial charge on any atom is -0.493 e. The Balaban J connectivity index is 1.98. The van der Waals surface area contributed by atoms with E-state index < -0.39 is 0 Å². The van der Waals surface area contributed by atoms with Gasteiger partial charge in [-0.05, 0) is 37.0 Å². The molecule has 0 amide bonds. The molecule has 1 N–H and O–H groups in total. The van der Waals surface area contributed by atoms with Gasteiger partial charge in [-0.15, -0.1) is 0 Å². The fraction of sp³-hybridized carbons (Fsp3) is 0.571. The lowest BCUT2D eigenvalue weighted by Crippen LogP contribution is -2.17. The summed E-state index contributed by atoms with van der Waals surface area (Å²) in [5.41, 5.74) is 1.24. The number of halogens is 1. The fourth-order valence-electron chi connectivity index (χ4n) is 1.89. The number of nitrogens with one attached hydrogen (secondary N) is 1. The van der Waals surface area contributed by atoms with E-state index in [-0.39, 0.29) is 0 Å². The van der Waals surface area contributed by atoms with E-state index in [9.17, 15) is 0 Å². The van der Waals surface area contributed by atoms with Crippen molar-refractivity contribution in [1.82, 2.24) is 5.32 Å². The Labute approximate surface area is 112 Å². The van der Waals surface area contributed by atoms with Gasteiger partial charge in [-0.3, -0.25) is 0 Å². The first-order chi connectivity index (χ1) is 8.20. The lowest BCUT2D eigenvalue weighted by atomic mass is 10.2. The van der Waals surface area contributed by atoms with E-state index >= 15 is 0 Å². The number of rotatable bonds is 6. The second-order valence-corrected chi connectivity index (χ2v) is 5.72. The van der Waals surface area contributed by atoms with Gasteiger partial charge < -0.3 is 10.1 Å². The number of hydrogen-bond acceptors (Lipinski definition) is 2. The van der Waals surface area contributed by atoms with Crippen molar-refractivity contribution in [3.8, 4) is 5.75 Å². The highest BCUT2D eigenvalue weighted by Gasteiger charge is 2.31. The molecule has 1 fully saturated rings. The molecule has 0 saturated heterocycles. The van der Waals surface area contributed by atoms with E-state index in [2.05, 4.69) is 41.2 Å². The molecule has 0 bridgehead atoms. The molecule has 1 aromatic rings. The molecule has 94 valence electrons. The summed E-state index contributed by atoms with van der Waals surface area (Å²) in [6.45, 7) is 6.09. The van der Waals surface area contributed by atoms with Gasteiger partial charge in [0.1, 0.15) is 5.75 Å². The number of hydrogen-bond donors (Lipinski definition) is 1. The van der Waals surface area contributed by atoms with Gasteiger partial charge in [0.05, 0.1) is 6.61 Å². The van der Waals surface area contributed by atoms with Crippen LogP contribution in [0.2, 0.25) is 0 Å². The van der Waals surface area contributed by atoms with Gasteiger partial charge in [0.25, 0.3) is 0 Å². The summed E-state index contributed by atoms with van der Waals surface area (Å²) in [6, 6.07) is 6.93. The minimum atomic E-state index is 0.702. The minimum absolute atomic E-state index is 0.702. The van der Waals surface area contributed by atoms with Crippen LogP contribution in [0.25, 0.3) is 0 Å². The van der Waals surface area contributed by atoms with Crippen molar-refractivity contribution in [2.45, 2.75) is 39.3 Å². The molecule has 1 aliphatic carbocycles. The second kappa shape index (κ2) is 5.87. The molecule has 0 aliphatic heterocycles. The van der Waals surface area contributed by atoms with Crippen LogP contribution in [-0.2, 0) is 6.54 Å². The highest BCUT2D eigenvalue weighted by atomic mass is 79.9. The monoisotopic (exact) mass is 297 g/mol. The van der Waals surface area contributed by atoms with Crippen molar-refractivity contribution in [3.05, 3.63) is 28.2 Å². The van der Waals surface area contributed by atoms with Crippen LogP contribution in [0.4, 0.5) is 0 Å². The predicted octanol–water partition coefficient (Wildman–Crippen LogP) is 3.74. The third kappa shape index (κ3) is 3.71. The van der Waals surface area contributed by atoms with Gasteiger partial charge in [0.2, 0.25) is 0 Å². The summed E-state index contributed by atoms with van der Waals surface area (Å²) in [6.07, 6.45) is 2.35. The molecule has 1 aromatic carbocycles. The Morgan fingerprint density at radius 2 is 2.24 bits per heavy atom. The SMILES string of the molecule is CCCOc1ccc(Br)cc1CNC1CC1C. The molecule has 3 heteroatoms. The molecule has 0 radical (unpaired) electrons. The van der Waals surface area contributed by atoms with Crippen molar-refractivity contribution >= 4 is 15.9 Å². The quantitative estimate of drug-likeness (QED) is 0.864. The smallest absolute Gasteiger partial charge is 0.123 e. The summed E-state index contributed by atoms with van der Waals surface area (Å²) < 4.78 is 6.87. The standard InChI is InChI=1S/C14H20BrNO/c1-3-6-17-14-5-4-12(15)8-11(14)9-16-13-7-10(13)2/h4-5,8,10,13,16H,3,6-7,9H2,1-2H3. The highest BCUT2D eigenvalue weighted by Crippen LogP contribution is 2.30. The average Bonchev–Trinajstić information content (AvgIpc) is 3.01. The van der Waals surface area contributed by atoms with Crippen molar-refractivity contribution < 1.29 is 4.74 Å². The Morgan fingerprint density at radius 1 is 1.47 bits per heavy atom. The first-order valence-corrected chi connectivity index (χ1v) is 7.14. The maximum atomic E-state index is 5.76. The van der Waals surface area contributed by atoms with Crippen LogP contribution in [0.3, 0.4) is 0 Å². The lowest BCUT2D eigenvalue weighted by molar-refractivity contribution is 0.313. The number of ether oxygens (including phenoxy) is 1. The lowest BCUT2D eigenvalue weighted by Gasteiger charge is -2.12. The van der Waals surface area contributed by atoms with Gasteiger partial charge in [-0.1, -0.05) is 29.8 Å².